The molecule has 1 aliphatic heterocycles. The van der Waals surface area contributed by atoms with E-state index in [0.29, 0.717) is 28.0 Å². The summed E-state index contributed by atoms with van der Waals surface area (Å²) in [6.45, 7) is 0.408. The Morgan fingerprint density at radius 1 is 0.952 bits per heavy atom. The van der Waals surface area contributed by atoms with Crippen LogP contribution in [0.25, 0.3) is 0 Å². The third-order valence-electron chi connectivity index (χ3n) is 5.26. The second-order valence-electron chi connectivity index (χ2n) is 6.25. The van der Waals surface area contributed by atoms with Crippen molar-refractivity contribution >= 4 is 43.7 Å². The molecule has 1 aromatic carbocycles. The van der Waals surface area contributed by atoms with Crippen molar-refractivity contribution in [2.45, 2.75) is 22.6 Å². The number of likely N-dealkylation sites (tertiary alicyclic amines) is 1. The van der Waals surface area contributed by atoms with E-state index in [0.717, 1.165) is 12.0 Å². The molecule has 0 spiro atoms. The Morgan fingerprint density at radius 2 is 1.48 bits per heavy atom. The van der Waals surface area contributed by atoms with E-state index in [1.54, 1.807) is 0 Å². The van der Waals surface area contributed by atoms with Crippen LogP contribution in [0.2, 0.25) is 0 Å². The van der Waals surface area contributed by atoms with E-state index in [2.05, 4.69) is 31.9 Å². The summed E-state index contributed by atoms with van der Waals surface area (Å²) in [6.07, 6.45) is 0.984. The summed E-state index contributed by atoms with van der Waals surface area (Å²) in [5, 5.41) is 0. The normalized spacial score (nSPS) is 41.0. The summed E-state index contributed by atoms with van der Waals surface area (Å²) < 4.78 is 0. The highest BCUT2D eigenvalue weighted by molar-refractivity contribution is 9.12. The average Bonchev–Trinajstić information content (AvgIpc) is 3.09. The zero-order chi connectivity index (χ0) is 14.7. The van der Waals surface area contributed by atoms with E-state index in [-0.39, 0.29) is 23.7 Å². The number of nitrogens with zero attached hydrogens (tertiary/aromatic N) is 1. The largest absolute Gasteiger partial charge is 0.278 e. The van der Waals surface area contributed by atoms with Crippen LogP contribution in [0, 0.1) is 23.7 Å². The fourth-order valence-corrected chi connectivity index (χ4v) is 6.21. The molecule has 0 N–H and O–H groups in total. The van der Waals surface area contributed by atoms with E-state index in [9.17, 15) is 9.59 Å². The van der Waals surface area contributed by atoms with Gasteiger partial charge in [0.15, 0.2) is 0 Å². The molecular formula is C16H15Br2NO2. The Bertz CT molecular complexity index is 574. The molecule has 2 saturated carbocycles. The Hall–Kier alpha value is -0.680. The molecule has 110 valence electrons. The van der Waals surface area contributed by atoms with Gasteiger partial charge in [-0.1, -0.05) is 62.2 Å². The van der Waals surface area contributed by atoms with Crippen LogP contribution in [0.1, 0.15) is 12.0 Å². The third kappa shape index (κ3) is 1.89. The Labute approximate surface area is 140 Å². The number of fused-ring (bicyclic) bond motifs is 5. The first-order valence-electron chi connectivity index (χ1n) is 7.27. The maximum Gasteiger partial charge on any atom is 0.233 e. The molecule has 0 aromatic heterocycles. The van der Waals surface area contributed by atoms with E-state index in [1.165, 1.54) is 4.90 Å². The number of amides is 2. The highest BCUT2D eigenvalue weighted by Crippen LogP contribution is 2.60. The van der Waals surface area contributed by atoms with Crippen LogP contribution in [0.5, 0.6) is 0 Å². The van der Waals surface area contributed by atoms with Gasteiger partial charge in [0, 0.05) is 9.65 Å². The van der Waals surface area contributed by atoms with Crippen LogP contribution in [-0.2, 0) is 16.1 Å². The quantitative estimate of drug-likeness (QED) is 0.553. The minimum absolute atomic E-state index is 0.0326. The molecular weight excluding hydrogens is 398 g/mol. The minimum atomic E-state index is -0.107. The molecule has 4 rings (SSSR count). The number of benzene rings is 1. The van der Waals surface area contributed by atoms with Gasteiger partial charge in [-0.05, 0) is 23.8 Å². The molecule has 1 heterocycles. The van der Waals surface area contributed by atoms with Gasteiger partial charge in [0.1, 0.15) is 0 Å². The predicted octanol–water partition coefficient (Wildman–Crippen LogP) is 2.96. The van der Waals surface area contributed by atoms with Gasteiger partial charge in [-0.2, -0.15) is 0 Å². The van der Waals surface area contributed by atoms with Crippen molar-refractivity contribution in [2.24, 2.45) is 23.7 Å². The van der Waals surface area contributed by atoms with Crippen LogP contribution in [0.3, 0.4) is 0 Å². The minimum Gasteiger partial charge on any atom is -0.278 e. The van der Waals surface area contributed by atoms with Gasteiger partial charge in [0.2, 0.25) is 11.8 Å². The maximum atomic E-state index is 12.7. The molecule has 0 radical (unpaired) electrons. The highest BCUT2D eigenvalue weighted by Gasteiger charge is 2.66. The van der Waals surface area contributed by atoms with Crippen LogP contribution >= 0.6 is 31.9 Å². The van der Waals surface area contributed by atoms with Crippen molar-refractivity contribution in [3.8, 4) is 0 Å². The maximum absolute atomic E-state index is 12.7. The van der Waals surface area contributed by atoms with Crippen molar-refractivity contribution in [3.63, 3.8) is 0 Å². The van der Waals surface area contributed by atoms with Crippen LogP contribution in [0.15, 0.2) is 30.3 Å². The average molecular weight is 413 g/mol. The summed E-state index contributed by atoms with van der Waals surface area (Å²) in [5.41, 5.74) is 1.01. The zero-order valence-corrected chi connectivity index (χ0v) is 14.5. The molecule has 2 amide bonds. The van der Waals surface area contributed by atoms with Gasteiger partial charge >= 0.3 is 0 Å². The van der Waals surface area contributed by atoms with Crippen molar-refractivity contribution in [2.75, 3.05) is 0 Å². The van der Waals surface area contributed by atoms with Crippen molar-refractivity contribution in [3.05, 3.63) is 35.9 Å². The lowest BCUT2D eigenvalue weighted by Gasteiger charge is -2.28. The molecule has 1 aromatic rings. The summed E-state index contributed by atoms with van der Waals surface area (Å²) in [5.74, 6) is 0.437. The smallest absolute Gasteiger partial charge is 0.233 e. The van der Waals surface area contributed by atoms with Gasteiger partial charge in [-0.25, -0.2) is 0 Å². The van der Waals surface area contributed by atoms with Gasteiger partial charge < -0.3 is 0 Å². The fourth-order valence-electron chi connectivity index (χ4n) is 4.33. The first-order valence-corrected chi connectivity index (χ1v) is 9.10. The zero-order valence-electron chi connectivity index (χ0n) is 11.3. The van der Waals surface area contributed by atoms with E-state index >= 15 is 0 Å². The lowest BCUT2D eigenvalue weighted by Crippen LogP contribution is -2.37. The number of halogens is 2. The molecule has 2 aliphatic carbocycles. The number of carbonyl (C=O) groups excluding carboxylic acids is 2. The first kappa shape index (κ1) is 13.9. The number of hydrogen-bond donors (Lipinski definition) is 0. The molecule has 3 fully saturated rings. The number of alkyl halides is 2. The molecule has 3 aliphatic rings. The number of carbonyl (C=O) groups is 2. The van der Waals surface area contributed by atoms with E-state index < -0.39 is 0 Å². The molecule has 5 heteroatoms. The summed E-state index contributed by atoms with van der Waals surface area (Å²) in [7, 11) is 0. The standard InChI is InChI=1S/C16H15Br2NO2/c17-13-9-6-10(14(13)18)12-11(9)15(20)19(16(12)21)7-8-4-2-1-3-5-8/h1-5,9-14H,6-7H2/t9-,10+,11-,12-,13-,14+/m0/s1. The Kier molecular flexibility index (Phi) is 3.26. The van der Waals surface area contributed by atoms with Gasteiger partial charge in [-0.15, -0.1) is 0 Å². The van der Waals surface area contributed by atoms with Gasteiger partial charge in [-0.3, -0.25) is 14.5 Å². The Morgan fingerprint density at radius 3 is 2.00 bits per heavy atom. The van der Waals surface area contributed by atoms with Crippen LogP contribution in [0.4, 0.5) is 0 Å². The molecule has 3 nitrogen and oxygen atoms in total. The molecule has 2 bridgehead atoms. The molecule has 0 unspecified atom stereocenters. The van der Waals surface area contributed by atoms with Gasteiger partial charge in [0.05, 0.1) is 18.4 Å². The topological polar surface area (TPSA) is 37.4 Å². The fraction of sp³-hybridized carbons (Fsp3) is 0.500. The third-order valence-corrected chi connectivity index (χ3v) is 8.47. The number of hydrogen-bond acceptors (Lipinski definition) is 2. The highest BCUT2D eigenvalue weighted by atomic mass is 79.9. The molecule has 21 heavy (non-hydrogen) atoms. The van der Waals surface area contributed by atoms with E-state index in [1.807, 2.05) is 30.3 Å². The second-order valence-corrected chi connectivity index (χ2v) is 8.37. The lowest BCUT2D eigenvalue weighted by atomic mass is 9.81. The summed E-state index contributed by atoms with van der Waals surface area (Å²) in [6, 6.07) is 9.74. The number of imide groups is 1. The molecule has 6 atom stereocenters. The van der Waals surface area contributed by atoms with E-state index in [4.69, 9.17) is 0 Å². The summed E-state index contributed by atoms with van der Waals surface area (Å²) >= 11 is 7.40. The number of rotatable bonds is 2. The second kappa shape index (κ2) is 4.92. The van der Waals surface area contributed by atoms with Crippen LogP contribution in [-0.4, -0.2) is 26.4 Å². The Balaban J connectivity index is 1.62. The molecule has 1 saturated heterocycles. The predicted molar refractivity (Wildman–Crippen MR) is 86.0 cm³/mol. The SMILES string of the molecule is O=C1[C@H]2[C@@H]3C[C@@H]([C@@H](Br)[C@H]3Br)[C@@H]2C(=O)N1Cc1ccccc1. The summed E-state index contributed by atoms with van der Waals surface area (Å²) in [4.78, 5) is 27.5. The van der Waals surface area contributed by atoms with Crippen LogP contribution < -0.4 is 0 Å². The van der Waals surface area contributed by atoms with Crippen molar-refractivity contribution in [1.29, 1.82) is 0 Å². The van der Waals surface area contributed by atoms with Crippen molar-refractivity contribution < 1.29 is 9.59 Å². The lowest BCUT2D eigenvalue weighted by molar-refractivity contribution is -0.141. The first-order chi connectivity index (χ1) is 10.1. The van der Waals surface area contributed by atoms with Crippen molar-refractivity contribution in [1.82, 2.24) is 4.90 Å². The van der Waals surface area contributed by atoms with Gasteiger partial charge in [0.25, 0.3) is 0 Å². The monoisotopic (exact) mass is 411 g/mol.